The molecule has 0 saturated heterocycles. The van der Waals surface area contributed by atoms with Crippen molar-refractivity contribution in [1.29, 1.82) is 0 Å². The molecule has 8 heteroatoms. The molecule has 0 saturated carbocycles. The van der Waals surface area contributed by atoms with Crippen molar-refractivity contribution in [3.8, 4) is 0 Å². The minimum Gasteiger partial charge on any atom is -0.544 e. The Bertz CT molecular complexity index is 558. The lowest BCUT2D eigenvalue weighted by Crippen LogP contribution is -2.93. The van der Waals surface area contributed by atoms with Crippen molar-refractivity contribution in [2.45, 2.75) is 25.8 Å². The second kappa shape index (κ2) is 10.3. The molecule has 0 bridgehead atoms. The molecule has 0 aliphatic rings. The Morgan fingerprint density at radius 3 is 2.50 bits per heavy atom. The van der Waals surface area contributed by atoms with Crippen LogP contribution in [0, 0.1) is 0 Å². The van der Waals surface area contributed by atoms with E-state index in [1.165, 1.54) is 29.6 Å². The minimum atomic E-state index is -1.33. The van der Waals surface area contributed by atoms with E-state index in [2.05, 4.69) is 5.32 Å². The molecule has 0 aromatic heterocycles. The quantitative estimate of drug-likeness (QED) is 0.342. The van der Waals surface area contributed by atoms with E-state index in [1.54, 1.807) is 6.92 Å². The van der Waals surface area contributed by atoms with Crippen LogP contribution >= 0.6 is 0 Å². The van der Waals surface area contributed by atoms with Gasteiger partial charge in [0.05, 0.1) is 31.1 Å². The summed E-state index contributed by atoms with van der Waals surface area (Å²) in [6, 6.07) is 5.07. The van der Waals surface area contributed by atoms with Gasteiger partial charge in [-0.15, -0.1) is 0 Å². The Morgan fingerprint density at radius 1 is 1.29 bits per heavy atom. The van der Waals surface area contributed by atoms with Gasteiger partial charge in [0, 0.05) is 18.7 Å². The lowest BCUT2D eigenvalue weighted by molar-refractivity contribution is -0.682. The van der Waals surface area contributed by atoms with Crippen molar-refractivity contribution in [1.82, 2.24) is 0 Å². The Balaban J connectivity index is 2.56. The SMILES string of the molecule is CCOC(=O)c1ccc(NC(=O)C[C@H]([NH2+]CCCO)C(=O)[O-])cc1. The molecule has 0 aliphatic carbocycles. The molecule has 132 valence electrons. The van der Waals surface area contributed by atoms with Crippen LogP contribution in [0.3, 0.4) is 0 Å². The fraction of sp³-hybridized carbons (Fsp3) is 0.438. The number of ether oxygens (including phenoxy) is 1. The third kappa shape index (κ3) is 6.76. The van der Waals surface area contributed by atoms with Crippen LogP contribution in [0.4, 0.5) is 5.69 Å². The number of aliphatic hydroxyl groups is 1. The molecule has 1 amide bonds. The van der Waals surface area contributed by atoms with Gasteiger partial charge >= 0.3 is 5.97 Å². The molecule has 0 heterocycles. The maximum absolute atomic E-state index is 11.9. The van der Waals surface area contributed by atoms with E-state index in [9.17, 15) is 19.5 Å². The van der Waals surface area contributed by atoms with Crippen LogP contribution in [0.2, 0.25) is 0 Å². The van der Waals surface area contributed by atoms with Crippen molar-refractivity contribution in [2.75, 3.05) is 25.1 Å². The van der Waals surface area contributed by atoms with Crippen LogP contribution < -0.4 is 15.7 Å². The van der Waals surface area contributed by atoms with Gasteiger partial charge in [0.2, 0.25) is 5.91 Å². The van der Waals surface area contributed by atoms with E-state index in [1.807, 2.05) is 0 Å². The average molecular weight is 338 g/mol. The number of nitrogens with two attached hydrogens (primary N) is 1. The lowest BCUT2D eigenvalue weighted by atomic mass is 10.1. The molecule has 1 rings (SSSR count). The van der Waals surface area contributed by atoms with Crippen LogP contribution in [0.1, 0.15) is 30.1 Å². The third-order valence-corrected chi connectivity index (χ3v) is 3.20. The van der Waals surface area contributed by atoms with Crippen LogP contribution in [0.5, 0.6) is 0 Å². The highest BCUT2D eigenvalue weighted by Crippen LogP contribution is 2.11. The Morgan fingerprint density at radius 2 is 1.96 bits per heavy atom. The summed E-state index contributed by atoms with van der Waals surface area (Å²) in [6.45, 7) is 2.32. The van der Waals surface area contributed by atoms with Gasteiger partial charge < -0.3 is 30.4 Å². The van der Waals surface area contributed by atoms with Gasteiger partial charge in [-0.1, -0.05) is 0 Å². The highest BCUT2D eigenvalue weighted by atomic mass is 16.5. The second-order valence-corrected chi connectivity index (χ2v) is 5.08. The number of rotatable bonds is 10. The predicted molar refractivity (Wildman–Crippen MR) is 82.9 cm³/mol. The number of nitrogens with one attached hydrogen (secondary N) is 1. The van der Waals surface area contributed by atoms with Crippen molar-refractivity contribution in [2.24, 2.45) is 0 Å². The van der Waals surface area contributed by atoms with E-state index < -0.39 is 23.9 Å². The topological polar surface area (TPSA) is 132 Å². The molecule has 0 unspecified atom stereocenters. The minimum absolute atomic E-state index is 0.0464. The van der Waals surface area contributed by atoms with Gasteiger partial charge in [-0.3, -0.25) is 4.79 Å². The molecule has 0 spiro atoms. The van der Waals surface area contributed by atoms with Crippen LogP contribution in [-0.4, -0.2) is 48.8 Å². The first kappa shape index (κ1) is 19.6. The van der Waals surface area contributed by atoms with Gasteiger partial charge in [0.25, 0.3) is 0 Å². The van der Waals surface area contributed by atoms with Gasteiger partial charge in [-0.05, 0) is 31.2 Å². The first-order chi connectivity index (χ1) is 11.5. The number of carbonyl (C=O) groups is 3. The summed E-state index contributed by atoms with van der Waals surface area (Å²) >= 11 is 0. The normalized spacial score (nSPS) is 11.6. The zero-order valence-corrected chi connectivity index (χ0v) is 13.5. The molecule has 1 atom stereocenters. The first-order valence-electron chi connectivity index (χ1n) is 7.70. The summed E-state index contributed by atoms with van der Waals surface area (Å²) in [5.41, 5.74) is 0.806. The maximum atomic E-state index is 11.9. The van der Waals surface area contributed by atoms with Crippen molar-refractivity contribution >= 4 is 23.5 Å². The molecule has 24 heavy (non-hydrogen) atoms. The summed E-state index contributed by atoms with van der Waals surface area (Å²) in [5.74, 6) is -2.26. The van der Waals surface area contributed by atoms with Crippen molar-refractivity contribution < 1.29 is 34.7 Å². The highest BCUT2D eigenvalue weighted by molar-refractivity contribution is 5.94. The van der Waals surface area contributed by atoms with E-state index >= 15 is 0 Å². The summed E-state index contributed by atoms with van der Waals surface area (Å²) in [5, 5.41) is 23.7. The molecule has 0 fully saturated rings. The van der Waals surface area contributed by atoms with Crippen molar-refractivity contribution in [3.05, 3.63) is 29.8 Å². The number of carboxylic acids is 1. The van der Waals surface area contributed by atoms with Gasteiger partial charge in [0.1, 0.15) is 6.04 Å². The fourth-order valence-corrected chi connectivity index (χ4v) is 1.99. The number of hydrogen-bond donors (Lipinski definition) is 3. The van der Waals surface area contributed by atoms with Crippen molar-refractivity contribution in [3.63, 3.8) is 0 Å². The predicted octanol–water partition coefficient (Wildman–Crippen LogP) is -1.74. The number of carbonyl (C=O) groups excluding carboxylic acids is 3. The van der Waals surface area contributed by atoms with E-state index in [4.69, 9.17) is 9.84 Å². The number of quaternary nitrogens is 1. The number of amides is 1. The standard InChI is InChI=1S/C16H22N2O6/c1-2-24-16(23)11-4-6-12(7-5-11)18-14(20)10-13(15(21)22)17-8-3-9-19/h4-7,13,17,19H,2-3,8-10H2,1H3,(H,18,20)(H,21,22)/t13-/m0/s1. The monoisotopic (exact) mass is 338 g/mol. The van der Waals surface area contributed by atoms with E-state index in [-0.39, 0.29) is 19.6 Å². The fourth-order valence-electron chi connectivity index (χ4n) is 1.99. The highest BCUT2D eigenvalue weighted by Gasteiger charge is 2.18. The largest absolute Gasteiger partial charge is 0.544 e. The van der Waals surface area contributed by atoms with E-state index in [0.29, 0.717) is 24.2 Å². The van der Waals surface area contributed by atoms with Crippen LogP contribution in [-0.2, 0) is 14.3 Å². The third-order valence-electron chi connectivity index (χ3n) is 3.20. The number of esters is 1. The van der Waals surface area contributed by atoms with E-state index in [0.717, 1.165) is 0 Å². The molecule has 1 aromatic rings. The van der Waals surface area contributed by atoms with Crippen LogP contribution in [0.25, 0.3) is 0 Å². The average Bonchev–Trinajstić information content (AvgIpc) is 2.54. The van der Waals surface area contributed by atoms with Gasteiger partial charge in [0.15, 0.2) is 0 Å². The maximum Gasteiger partial charge on any atom is 0.338 e. The molecular weight excluding hydrogens is 316 g/mol. The Labute approximate surface area is 139 Å². The summed E-state index contributed by atoms with van der Waals surface area (Å²) in [7, 11) is 0. The zero-order valence-electron chi connectivity index (χ0n) is 13.5. The number of aliphatic hydroxyl groups excluding tert-OH is 1. The smallest absolute Gasteiger partial charge is 0.338 e. The molecule has 0 radical (unpaired) electrons. The van der Waals surface area contributed by atoms with Gasteiger partial charge in [-0.25, -0.2) is 4.79 Å². The summed E-state index contributed by atoms with van der Waals surface area (Å²) in [6.07, 6.45) is 0.175. The Hall–Kier alpha value is -2.45. The number of aliphatic carboxylic acids is 1. The Kier molecular flexibility index (Phi) is 8.45. The molecular formula is C16H22N2O6. The summed E-state index contributed by atoms with van der Waals surface area (Å²) in [4.78, 5) is 34.5. The number of hydrogen-bond acceptors (Lipinski definition) is 6. The molecule has 4 N–H and O–H groups in total. The van der Waals surface area contributed by atoms with Crippen LogP contribution in [0.15, 0.2) is 24.3 Å². The molecule has 1 aromatic carbocycles. The molecule has 8 nitrogen and oxygen atoms in total. The number of benzene rings is 1. The number of anilines is 1. The number of carboxylic acid groups (broad SMARTS) is 1. The lowest BCUT2D eigenvalue weighted by Gasteiger charge is -2.16. The molecule has 0 aliphatic heterocycles. The first-order valence-corrected chi connectivity index (χ1v) is 7.70. The second-order valence-electron chi connectivity index (χ2n) is 5.08. The summed E-state index contributed by atoms with van der Waals surface area (Å²) < 4.78 is 4.85. The zero-order chi connectivity index (χ0) is 17.9. The van der Waals surface area contributed by atoms with Gasteiger partial charge in [-0.2, -0.15) is 0 Å².